The second-order valence-corrected chi connectivity index (χ2v) is 8.06. The molecule has 0 aromatic heterocycles. The zero-order valence-corrected chi connectivity index (χ0v) is 20.4. The first-order valence-electron chi connectivity index (χ1n) is 10.6. The van der Waals surface area contributed by atoms with E-state index in [0.29, 0.717) is 33.3 Å². The minimum absolute atomic E-state index is 0.209. The van der Waals surface area contributed by atoms with Crippen molar-refractivity contribution in [1.82, 2.24) is 5.43 Å². The Morgan fingerprint density at radius 3 is 2.11 bits per heavy atom. The Morgan fingerprint density at radius 2 is 1.49 bits per heavy atom. The Bertz CT molecular complexity index is 1280. The van der Waals surface area contributed by atoms with Gasteiger partial charge >= 0.3 is 17.8 Å². The number of esters is 1. The number of carbonyl (C=O) groups is 3. The molecule has 0 radical (unpaired) electrons. The van der Waals surface area contributed by atoms with E-state index in [1.165, 1.54) is 7.11 Å². The fourth-order valence-corrected chi connectivity index (χ4v) is 3.28. The highest BCUT2D eigenvalue weighted by atomic mass is 35.5. The van der Waals surface area contributed by atoms with Gasteiger partial charge in [-0.05, 0) is 74.4 Å². The molecule has 0 unspecified atom stereocenters. The van der Waals surface area contributed by atoms with Crippen LogP contribution < -0.4 is 20.2 Å². The third kappa shape index (κ3) is 6.45. The molecule has 2 amide bonds. The fraction of sp³-hybridized carbons (Fsp3) is 0.154. The van der Waals surface area contributed by atoms with Crippen LogP contribution in [0.1, 0.15) is 34.0 Å². The zero-order chi connectivity index (χ0) is 25.5. The molecule has 0 saturated carbocycles. The lowest BCUT2D eigenvalue weighted by molar-refractivity contribution is -0.136. The summed E-state index contributed by atoms with van der Waals surface area (Å²) in [5.74, 6) is -1.81. The van der Waals surface area contributed by atoms with E-state index in [0.717, 1.165) is 11.1 Å². The van der Waals surface area contributed by atoms with E-state index in [1.807, 2.05) is 32.0 Å². The Morgan fingerprint density at radius 1 is 0.857 bits per heavy atom. The molecule has 0 heterocycles. The van der Waals surface area contributed by atoms with E-state index < -0.39 is 17.8 Å². The number of aryl methyl sites for hydroxylation is 2. The van der Waals surface area contributed by atoms with Crippen LogP contribution >= 0.6 is 11.6 Å². The van der Waals surface area contributed by atoms with E-state index in [-0.39, 0.29) is 5.75 Å². The molecular weight excluding hydrogens is 470 g/mol. The fourth-order valence-electron chi connectivity index (χ4n) is 3.15. The number of methoxy groups -OCH3 is 1. The maximum atomic E-state index is 12.4. The minimum atomic E-state index is -0.910. The van der Waals surface area contributed by atoms with Crippen molar-refractivity contribution < 1.29 is 23.9 Å². The SMILES string of the molecule is COc1cc(/C(C)=N/NC(=O)C(=O)Nc2c(C)cccc2C)ccc1OC(=O)c1ccc(Cl)cc1. The largest absolute Gasteiger partial charge is 0.493 e. The number of carbonyl (C=O) groups excluding carboxylic acids is 3. The maximum Gasteiger partial charge on any atom is 0.343 e. The van der Waals surface area contributed by atoms with Crippen molar-refractivity contribution >= 4 is 40.8 Å². The van der Waals surface area contributed by atoms with Crippen molar-refractivity contribution in [2.75, 3.05) is 12.4 Å². The molecule has 0 aliphatic heterocycles. The van der Waals surface area contributed by atoms with Crippen LogP contribution in [0.25, 0.3) is 0 Å². The molecule has 35 heavy (non-hydrogen) atoms. The summed E-state index contributed by atoms with van der Waals surface area (Å²) in [4.78, 5) is 36.9. The molecular formula is C26H24ClN3O5. The van der Waals surface area contributed by atoms with Crippen molar-refractivity contribution in [3.05, 3.63) is 87.9 Å². The lowest BCUT2D eigenvalue weighted by atomic mass is 10.1. The number of hydrogen-bond donors (Lipinski definition) is 2. The average Bonchev–Trinajstić information content (AvgIpc) is 2.85. The number of hydrogen-bond acceptors (Lipinski definition) is 6. The van der Waals surface area contributed by atoms with Gasteiger partial charge in [-0.15, -0.1) is 0 Å². The van der Waals surface area contributed by atoms with Gasteiger partial charge in [-0.3, -0.25) is 9.59 Å². The third-order valence-corrected chi connectivity index (χ3v) is 5.37. The molecule has 0 bridgehead atoms. The molecule has 0 fully saturated rings. The maximum absolute atomic E-state index is 12.4. The van der Waals surface area contributed by atoms with E-state index in [1.54, 1.807) is 49.4 Å². The molecule has 3 rings (SSSR count). The van der Waals surface area contributed by atoms with Crippen LogP contribution in [0.15, 0.2) is 65.8 Å². The molecule has 2 N–H and O–H groups in total. The first-order chi connectivity index (χ1) is 16.7. The number of rotatable bonds is 6. The number of halogens is 1. The molecule has 0 saturated heterocycles. The van der Waals surface area contributed by atoms with E-state index >= 15 is 0 Å². The summed E-state index contributed by atoms with van der Waals surface area (Å²) >= 11 is 5.85. The number of hydrazone groups is 1. The highest BCUT2D eigenvalue weighted by Gasteiger charge is 2.17. The van der Waals surface area contributed by atoms with Crippen molar-refractivity contribution in [3.63, 3.8) is 0 Å². The molecule has 8 nitrogen and oxygen atoms in total. The monoisotopic (exact) mass is 493 g/mol. The van der Waals surface area contributed by atoms with Gasteiger partial charge in [-0.25, -0.2) is 10.2 Å². The first-order valence-corrected chi connectivity index (χ1v) is 11.0. The lowest BCUT2D eigenvalue weighted by Crippen LogP contribution is -2.33. The molecule has 3 aromatic carbocycles. The Balaban J connectivity index is 1.68. The second-order valence-electron chi connectivity index (χ2n) is 7.62. The van der Waals surface area contributed by atoms with Gasteiger partial charge in [-0.2, -0.15) is 5.10 Å². The predicted octanol–water partition coefficient (Wildman–Crippen LogP) is 4.66. The van der Waals surface area contributed by atoms with Crippen LogP contribution in [0.3, 0.4) is 0 Å². The Kier molecular flexibility index (Phi) is 8.22. The number of amides is 2. The number of nitrogens with zero attached hydrogens (tertiary/aromatic N) is 1. The second kappa shape index (κ2) is 11.3. The summed E-state index contributed by atoms with van der Waals surface area (Å²) in [5.41, 5.74) is 5.85. The van der Waals surface area contributed by atoms with Gasteiger partial charge in [0, 0.05) is 16.3 Å². The van der Waals surface area contributed by atoms with Gasteiger partial charge < -0.3 is 14.8 Å². The van der Waals surface area contributed by atoms with Crippen LogP contribution in [-0.4, -0.2) is 30.6 Å². The average molecular weight is 494 g/mol. The van der Waals surface area contributed by atoms with Crippen molar-refractivity contribution in [3.8, 4) is 11.5 Å². The summed E-state index contributed by atoms with van der Waals surface area (Å²) in [5, 5.41) is 7.12. The zero-order valence-electron chi connectivity index (χ0n) is 19.6. The molecule has 0 spiro atoms. The Hall–Kier alpha value is -4.17. The normalized spacial score (nSPS) is 10.9. The van der Waals surface area contributed by atoms with Crippen molar-refractivity contribution in [2.45, 2.75) is 20.8 Å². The number of para-hydroxylation sites is 1. The molecule has 0 aliphatic carbocycles. The number of anilines is 1. The van der Waals surface area contributed by atoms with Gasteiger partial charge in [0.1, 0.15) is 0 Å². The van der Waals surface area contributed by atoms with E-state index in [9.17, 15) is 14.4 Å². The topological polar surface area (TPSA) is 106 Å². The molecule has 0 atom stereocenters. The van der Waals surface area contributed by atoms with E-state index in [4.69, 9.17) is 21.1 Å². The summed E-state index contributed by atoms with van der Waals surface area (Å²) in [6.45, 7) is 5.33. The minimum Gasteiger partial charge on any atom is -0.493 e. The van der Waals surface area contributed by atoms with Crippen LogP contribution in [0, 0.1) is 13.8 Å². The van der Waals surface area contributed by atoms with Gasteiger partial charge in [0.15, 0.2) is 11.5 Å². The third-order valence-electron chi connectivity index (χ3n) is 5.12. The quantitative estimate of drug-likeness (QED) is 0.171. The Labute approximate surface area is 207 Å². The lowest BCUT2D eigenvalue weighted by Gasteiger charge is -2.12. The molecule has 3 aromatic rings. The molecule has 180 valence electrons. The summed E-state index contributed by atoms with van der Waals surface area (Å²) in [7, 11) is 1.44. The standard InChI is InChI=1S/C26H24ClN3O5/c1-15-6-5-7-16(2)23(15)28-24(31)25(32)30-29-17(3)19-10-13-21(22(14-19)34-4)35-26(33)18-8-11-20(27)12-9-18/h5-14H,1-4H3,(H,28,31)(H,30,32)/b29-17+. The van der Waals surface area contributed by atoms with Crippen molar-refractivity contribution in [2.24, 2.45) is 5.10 Å². The highest BCUT2D eigenvalue weighted by Crippen LogP contribution is 2.29. The summed E-state index contributed by atoms with van der Waals surface area (Å²) < 4.78 is 10.8. The smallest absolute Gasteiger partial charge is 0.343 e. The van der Waals surface area contributed by atoms with Crippen LogP contribution in [0.5, 0.6) is 11.5 Å². The van der Waals surface area contributed by atoms with Gasteiger partial charge in [0.25, 0.3) is 0 Å². The highest BCUT2D eigenvalue weighted by molar-refractivity contribution is 6.39. The molecule has 0 aliphatic rings. The van der Waals surface area contributed by atoms with Gasteiger partial charge in [0.2, 0.25) is 0 Å². The number of benzene rings is 3. The summed E-state index contributed by atoms with van der Waals surface area (Å²) in [6.07, 6.45) is 0. The van der Waals surface area contributed by atoms with Gasteiger partial charge in [-0.1, -0.05) is 29.8 Å². The van der Waals surface area contributed by atoms with Crippen LogP contribution in [0.4, 0.5) is 5.69 Å². The first kappa shape index (κ1) is 25.5. The van der Waals surface area contributed by atoms with Gasteiger partial charge in [0.05, 0.1) is 18.4 Å². The number of ether oxygens (including phenoxy) is 2. The number of nitrogens with one attached hydrogen (secondary N) is 2. The molecule has 9 heteroatoms. The van der Waals surface area contributed by atoms with Crippen molar-refractivity contribution in [1.29, 1.82) is 0 Å². The predicted molar refractivity (Wildman–Crippen MR) is 134 cm³/mol. The summed E-state index contributed by atoms with van der Waals surface area (Å²) in [6, 6.07) is 16.6. The van der Waals surface area contributed by atoms with Crippen LogP contribution in [-0.2, 0) is 9.59 Å². The van der Waals surface area contributed by atoms with E-state index in [2.05, 4.69) is 15.8 Å². The van der Waals surface area contributed by atoms with Crippen LogP contribution in [0.2, 0.25) is 5.02 Å².